The van der Waals surface area contributed by atoms with Gasteiger partial charge in [-0.2, -0.15) is 0 Å². The minimum absolute atomic E-state index is 0.134. The third-order valence-corrected chi connectivity index (χ3v) is 7.83. The van der Waals surface area contributed by atoms with E-state index in [9.17, 15) is 9.59 Å². The van der Waals surface area contributed by atoms with Crippen molar-refractivity contribution in [3.05, 3.63) is 99.0 Å². The van der Waals surface area contributed by atoms with Crippen molar-refractivity contribution in [1.82, 2.24) is 10.2 Å². The standard InChI is InChI=1S/C30H32BrClN2O3/c1-21-16-26(14-15-27(21)31)37-20-29(35)34(19-23-10-7-11-24(32)17-23)28(18-22-8-3-2-4-9-22)30(36)33-25-12-5-6-13-25/h2-4,7-11,14-17,25,28H,5-6,12-13,18-20H2,1H3,(H,33,36). The molecule has 0 saturated heterocycles. The molecule has 0 bridgehead atoms. The van der Waals surface area contributed by atoms with Crippen molar-refractivity contribution in [3.8, 4) is 5.75 Å². The molecule has 37 heavy (non-hydrogen) atoms. The van der Waals surface area contributed by atoms with Gasteiger partial charge < -0.3 is 15.0 Å². The Morgan fingerprint density at radius 1 is 1.03 bits per heavy atom. The van der Waals surface area contributed by atoms with E-state index in [-0.39, 0.29) is 31.0 Å². The number of carbonyl (C=O) groups is 2. The second-order valence-corrected chi connectivity index (χ2v) is 10.8. The summed E-state index contributed by atoms with van der Waals surface area (Å²) in [6.07, 6.45) is 4.57. The molecule has 1 unspecified atom stereocenters. The molecule has 1 N–H and O–H groups in total. The average molecular weight is 584 g/mol. The molecular weight excluding hydrogens is 552 g/mol. The number of nitrogens with zero attached hydrogens (tertiary/aromatic N) is 1. The summed E-state index contributed by atoms with van der Waals surface area (Å²) < 4.78 is 6.86. The number of aryl methyl sites for hydroxylation is 1. The lowest BCUT2D eigenvalue weighted by Crippen LogP contribution is -2.53. The number of halogens is 2. The predicted molar refractivity (Wildman–Crippen MR) is 151 cm³/mol. The second-order valence-electron chi connectivity index (χ2n) is 9.55. The van der Waals surface area contributed by atoms with Gasteiger partial charge in [0.15, 0.2) is 6.61 Å². The van der Waals surface area contributed by atoms with Crippen LogP contribution in [0.25, 0.3) is 0 Å². The van der Waals surface area contributed by atoms with Crippen LogP contribution >= 0.6 is 27.5 Å². The number of carbonyl (C=O) groups excluding carboxylic acids is 2. The van der Waals surface area contributed by atoms with E-state index in [0.29, 0.717) is 17.2 Å². The van der Waals surface area contributed by atoms with Gasteiger partial charge in [0.2, 0.25) is 5.91 Å². The van der Waals surface area contributed by atoms with Gasteiger partial charge in [-0.15, -0.1) is 0 Å². The first-order valence-electron chi connectivity index (χ1n) is 12.7. The third kappa shape index (κ3) is 7.83. The fourth-order valence-electron chi connectivity index (χ4n) is 4.69. The molecule has 0 spiro atoms. The maximum Gasteiger partial charge on any atom is 0.261 e. The molecule has 194 valence electrons. The van der Waals surface area contributed by atoms with Crippen molar-refractivity contribution in [2.45, 2.75) is 57.7 Å². The fraction of sp³-hybridized carbons (Fsp3) is 0.333. The summed E-state index contributed by atoms with van der Waals surface area (Å²) in [6, 6.07) is 22.3. The van der Waals surface area contributed by atoms with Crippen molar-refractivity contribution < 1.29 is 14.3 Å². The Morgan fingerprint density at radius 3 is 2.46 bits per heavy atom. The van der Waals surface area contributed by atoms with Gasteiger partial charge in [0, 0.05) is 28.5 Å². The second kappa shape index (κ2) is 13.1. The van der Waals surface area contributed by atoms with Crippen LogP contribution in [0.4, 0.5) is 0 Å². The highest BCUT2D eigenvalue weighted by atomic mass is 79.9. The molecule has 0 aliphatic heterocycles. The van der Waals surface area contributed by atoms with Crippen LogP contribution in [0, 0.1) is 6.92 Å². The van der Waals surface area contributed by atoms with E-state index in [2.05, 4.69) is 21.2 Å². The van der Waals surface area contributed by atoms with Crippen LogP contribution in [0.15, 0.2) is 77.3 Å². The molecule has 1 aliphatic rings. The van der Waals surface area contributed by atoms with E-state index in [0.717, 1.165) is 46.8 Å². The Bertz CT molecular complexity index is 1210. The third-order valence-electron chi connectivity index (χ3n) is 6.71. The van der Waals surface area contributed by atoms with Gasteiger partial charge in [0.1, 0.15) is 11.8 Å². The summed E-state index contributed by atoms with van der Waals surface area (Å²) >= 11 is 9.74. The quantitative estimate of drug-likeness (QED) is 0.297. The van der Waals surface area contributed by atoms with Crippen molar-refractivity contribution >= 4 is 39.3 Å². The molecule has 1 saturated carbocycles. The number of ether oxygens (including phenoxy) is 1. The van der Waals surface area contributed by atoms with Crippen molar-refractivity contribution in [2.24, 2.45) is 0 Å². The summed E-state index contributed by atoms with van der Waals surface area (Å²) in [5.41, 5.74) is 2.85. The first kappa shape index (κ1) is 27.2. The summed E-state index contributed by atoms with van der Waals surface area (Å²) in [7, 11) is 0. The highest BCUT2D eigenvalue weighted by Crippen LogP contribution is 2.23. The zero-order chi connectivity index (χ0) is 26.2. The number of rotatable bonds is 10. The van der Waals surface area contributed by atoms with Crippen molar-refractivity contribution in [3.63, 3.8) is 0 Å². The maximum atomic E-state index is 13.7. The monoisotopic (exact) mass is 582 g/mol. The van der Waals surface area contributed by atoms with Crippen LogP contribution in [0.5, 0.6) is 5.75 Å². The number of hydrogen-bond donors (Lipinski definition) is 1. The van der Waals surface area contributed by atoms with Crippen LogP contribution in [0.1, 0.15) is 42.4 Å². The summed E-state index contributed by atoms with van der Waals surface area (Å²) in [5.74, 6) is 0.209. The van der Waals surface area contributed by atoms with Crippen LogP contribution in [0.2, 0.25) is 5.02 Å². The first-order valence-corrected chi connectivity index (χ1v) is 13.8. The number of benzene rings is 3. The summed E-state index contributed by atoms with van der Waals surface area (Å²) in [5, 5.41) is 3.80. The van der Waals surface area contributed by atoms with Crippen LogP contribution in [-0.2, 0) is 22.6 Å². The molecule has 5 nitrogen and oxygen atoms in total. The zero-order valence-electron chi connectivity index (χ0n) is 21.0. The molecule has 1 aliphatic carbocycles. The van der Waals surface area contributed by atoms with Gasteiger partial charge in [-0.25, -0.2) is 0 Å². The fourth-order valence-corrected chi connectivity index (χ4v) is 5.15. The number of amides is 2. The Morgan fingerprint density at radius 2 is 1.76 bits per heavy atom. The van der Waals surface area contributed by atoms with Crippen LogP contribution in [0.3, 0.4) is 0 Å². The maximum absolute atomic E-state index is 13.7. The van der Waals surface area contributed by atoms with E-state index in [1.807, 2.05) is 73.7 Å². The van der Waals surface area contributed by atoms with Gasteiger partial charge in [-0.05, 0) is 66.8 Å². The van der Waals surface area contributed by atoms with Crippen molar-refractivity contribution in [1.29, 1.82) is 0 Å². The Labute approximate surface area is 232 Å². The number of nitrogens with one attached hydrogen (secondary N) is 1. The van der Waals surface area contributed by atoms with Gasteiger partial charge in [0.25, 0.3) is 5.91 Å². The van der Waals surface area contributed by atoms with E-state index in [1.165, 1.54) is 0 Å². The van der Waals surface area contributed by atoms with Crippen LogP contribution < -0.4 is 10.1 Å². The largest absolute Gasteiger partial charge is 0.484 e. The molecule has 4 rings (SSSR count). The van der Waals surface area contributed by atoms with Gasteiger partial charge in [0.05, 0.1) is 0 Å². The molecule has 1 atom stereocenters. The smallest absolute Gasteiger partial charge is 0.261 e. The minimum atomic E-state index is -0.690. The van der Waals surface area contributed by atoms with Crippen LogP contribution in [-0.4, -0.2) is 35.4 Å². The van der Waals surface area contributed by atoms with E-state index in [4.69, 9.17) is 16.3 Å². The lowest BCUT2D eigenvalue weighted by atomic mass is 10.0. The van der Waals surface area contributed by atoms with E-state index < -0.39 is 6.04 Å². The molecular formula is C30H32BrClN2O3. The molecule has 0 radical (unpaired) electrons. The lowest BCUT2D eigenvalue weighted by molar-refractivity contribution is -0.143. The topological polar surface area (TPSA) is 58.6 Å². The first-order chi connectivity index (χ1) is 17.9. The zero-order valence-corrected chi connectivity index (χ0v) is 23.3. The SMILES string of the molecule is Cc1cc(OCC(=O)N(Cc2cccc(Cl)c2)C(Cc2ccccc2)C(=O)NC2CCCC2)ccc1Br. The highest BCUT2D eigenvalue weighted by Gasteiger charge is 2.32. The Balaban J connectivity index is 1.61. The van der Waals surface area contributed by atoms with E-state index in [1.54, 1.807) is 11.0 Å². The molecule has 1 fully saturated rings. The van der Waals surface area contributed by atoms with E-state index >= 15 is 0 Å². The van der Waals surface area contributed by atoms with Crippen molar-refractivity contribution in [2.75, 3.05) is 6.61 Å². The Kier molecular flexibility index (Phi) is 9.64. The van der Waals surface area contributed by atoms with Gasteiger partial charge in [-0.3, -0.25) is 9.59 Å². The molecule has 3 aromatic rings. The molecule has 0 aromatic heterocycles. The summed E-state index contributed by atoms with van der Waals surface area (Å²) in [6.45, 7) is 2.04. The Hall–Kier alpha value is -2.83. The summed E-state index contributed by atoms with van der Waals surface area (Å²) in [4.78, 5) is 29.0. The molecule has 0 heterocycles. The normalized spacial score (nSPS) is 14.2. The average Bonchev–Trinajstić information content (AvgIpc) is 3.40. The molecule has 2 amide bonds. The molecule has 3 aromatic carbocycles. The number of hydrogen-bond acceptors (Lipinski definition) is 3. The predicted octanol–water partition coefficient (Wildman–Crippen LogP) is 6.49. The van der Waals surface area contributed by atoms with Gasteiger partial charge in [-0.1, -0.05) is 82.8 Å². The molecule has 7 heteroatoms. The highest BCUT2D eigenvalue weighted by molar-refractivity contribution is 9.10. The minimum Gasteiger partial charge on any atom is -0.484 e. The van der Waals surface area contributed by atoms with Gasteiger partial charge >= 0.3 is 0 Å². The lowest BCUT2D eigenvalue weighted by Gasteiger charge is -2.32.